The van der Waals surface area contributed by atoms with E-state index in [0.717, 1.165) is 37.1 Å². The minimum absolute atomic E-state index is 0.0735. The van der Waals surface area contributed by atoms with Crippen LogP contribution in [0, 0.1) is 5.92 Å². The zero-order valence-electron chi connectivity index (χ0n) is 13.5. The highest BCUT2D eigenvalue weighted by Crippen LogP contribution is 2.38. The van der Waals surface area contributed by atoms with E-state index in [0.29, 0.717) is 5.92 Å². The molecule has 1 aliphatic carbocycles. The summed E-state index contributed by atoms with van der Waals surface area (Å²) in [7, 11) is 0. The topological polar surface area (TPSA) is 51.0 Å². The van der Waals surface area contributed by atoms with Crippen molar-refractivity contribution < 1.29 is 4.52 Å². The van der Waals surface area contributed by atoms with Crippen molar-refractivity contribution in [1.29, 1.82) is 0 Å². The summed E-state index contributed by atoms with van der Waals surface area (Å²) in [5, 5.41) is 7.84. The average molecular weight is 291 g/mol. The molecule has 21 heavy (non-hydrogen) atoms. The lowest BCUT2D eigenvalue weighted by Gasteiger charge is -2.33. The standard InChI is InChI=1S/C17H29N3O/c1-3-13-6-8-14(9-7-13)15-19-16(21-20-15)17(4-2)10-5-11-18-12-17/h13-14,18H,3-12H2,1-2H3. The van der Waals surface area contributed by atoms with Crippen molar-refractivity contribution in [3.63, 3.8) is 0 Å². The zero-order valence-corrected chi connectivity index (χ0v) is 13.5. The maximum Gasteiger partial charge on any atom is 0.234 e. The van der Waals surface area contributed by atoms with Crippen LogP contribution in [0.1, 0.15) is 82.8 Å². The molecule has 1 saturated carbocycles. The van der Waals surface area contributed by atoms with E-state index in [2.05, 4.69) is 24.3 Å². The van der Waals surface area contributed by atoms with Gasteiger partial charge in [-0.05, 0) is 57.4 Å². The molecule has 2 heterocycles. The molecule has 4 heteroatoms. The molecule has 0 bridgehead atoms. The highest BCUT2D eigenvalue weighted by Gasteiger charge is 2.38. The van der Waals surface area contributed by atoms with Crippen molar-refractivity contribution in [2.45, 2.75) is 76.5 Å². The smallest absolute Gasteiger partial charge is 0.234 e. The van der Waals surface area contributed by atoms with Crippen LogP contribution in [-0.4, -0.2) is 23.2 Å². The monoisotopic (exact) mass is 291 g/mol. The lowest BCUT2D eigenvalue weighted by atomic mass is 9.78. The van der Waals surface area contributed by atoms with Crippen LogP contribution in [0.2, 0.25) is 0 Å². The lowest BCUT2D eigenvalue weighted by Crippen LogP contribution is -2.43. The summed E-state index contributed by atoms with van der Waals surface area (Å²) in [4.78, 5) is 4.83. The molecule has 1 aliphatic heterocycles. The second-order valence-corrected chi connectivity index (χ2v) is 7.00. The van der Waals surface area contributed by atoms with Crippen LogP contribution in [0.4, 0.5) is 0 Å². The van der Waals surface area contributed by atoms with Gasteiger partial charge in [-0.15, -0.1) is 0 Å². The predicted molar refractivity (Wildman–Crippen MR) is 83.4 cm³/mol. The molecule has 0 radical (unpaired) electrons. The number of hydrogen-bond donors (Lipinski definition) is 1. The first-order valence-corrected chi connectivity index (χ1v) is 8.82. The molecular weight excluding hydrogens is 262 g/mol. The van der Waals surface area contributed by atoms with Gasteiger partial charge in [-0.3, -0.25) is 0 Å². The van der Waals surface area contributed by atoms with Crippen LogP contribution in [0.5, 0.6) is 0 Å². The normalized spacial score (nSPS) is 34.0. The van der Waals surface area contributed by atoms with Gasteiger partial charge in [-0.2, -0.15) is 4.98 Å². The number of aromatic nitrogens is 2. The molecule has 2 fully saturated rings. The van der Waals surface area contributed by atoms with E-state index in [4.69, 9.17) is 9.51 Å². The number of nitrogens with one attached hydrogen (secondary N) is 1. The van der Waals surface area contributed by atoms with E-state index in [9.17, 15) is 0 Å². The second kappa shape index (κ2) is 6.47. The Labute approximate surface area is 128 Å². The Morgan fingerprint density at radius 1 is 1.24 bits per heavy atom. The van der Waals surface area contributed by atoms with Crippen molar-refractivity contribution in [2.24, 2.45) is 5.92 Å². The molecule has 4 nitrogen and oxygen atoms in total. The molecule has 0 aromatic carbocycles. The van der Waals surface area contributed by atoms with E-state index in [1.54, 1.807) is 0 Å². The van der Waals surface area contributed by atoms with Crippen molar-refractivity contribution >= 4 is 0 Å². The Balaban J connectivity index is 1.71. The summed E-state index contributed by atoms with van der Waals surface area (Å²) in [6.45, 7) is 6.64. The van der Waals surface area contributed by atoms with Crippen molar-refractivity contribution in [3.8, 4) is 0 Å². The van der Waals surface area contributed by atoms with Crippen LogP contribution in [0.3, 0.4) is 0 Å². The maximum absolute atomic E-state index is 5.70. The molecule has 118 valence electrons. The van der Waals surface area contributed by atoms with Gasteiger partial charge >= 0.3 is 0 Å². The van der Waals surface area contributed by atoms with E-state index in [1.807, 2.05) is 0 Å². The lowest BCUT2D eigenvalue weighted by molar-refractivity contribution is 0.220. The third kappa shape index (κ3) is 3.01. The van der Waals surface area contributed by atoms with E-state index < -0.39 is 0 Å². The van der Waals surface area contributed by atoms with Gasteiger partial charge in [0.2, 0.25) is 5.89 Å². The molecule has 2 aliphatic rings. The summed E-state index contributed by atoms with van der Waals surface area (Å²) < 4.78 is 5.70. The molecule has 1 N–H and O–H groups in total. The largest absolute Gasteiger partial charge is 0.339 e. The summed E-state index contributed by atoms with van der Waals surface area (Å²) in [5.74, 6) is 3.29. The average Bonchev–Trinajstić information content (AvgIpc) is 3.06. The van der Waals surface area contributed by atoms with Crippen molar-refractivity contribution in [1.82, 2.24) is 15.5 Å². The number of hydrogen-bond acceptors (Lipinski definition) is 4. The Morgan fingerprint density at radius 3 is 2.67 bits per heavy atom. The minimum Gasteiger partial charge on any atom is -0.339 e. The first-order chi connectivity index (χ1) is 10.3. The predicted octanol–water partition coefficient (Wildman–Crippen LogP) is 3.78. The fourth-order valence-corrected chi connectivity index (χ4v) is 4.05. The fraction of sp³-hybridized carbons (Fsp3) is 0.882. The minimum atomic E-state index is 0.0735. The van der Waals surface area contributed by atoms with Crippen LogP contribution in [-0.2, 0) is 5.41 Å². The molecule has 1 aromatic heterocycles. The summed E-state index contributed by atoms with van der Waals surface area (Å²) in [5.41, 5.74) is 0.0735. The van der Waals surface area contributed by atoms with Gasteiger partial charge < -0.3 is 9.84 Å². The van der Waals surface area contributed by atoms with Crippen LogP contribution in [0.25, 0.3) is 0 Å². The first kappa shape index (κ1) is 15.0. The van der Waals surface area contributed by atoms with E-state index in [-0.39, 0.29) is 5.41 Å². The van der Waals surface area contributed by atoms with Crippen LogP contribution in [0.15, 0.2) is 4.52 Å². The van der Waals surface area contributed by atoms with Gasteiger partial charge in [0, 0.05) is 12.5 Å². The Bertz CT molecular complexity index is 443. The first-order valence-electron chi connectivity index (χ1n) is 8.82. The third-order valence-corrected chi connectivity index (χ3v) is 5.83. The van der Waals surface area contributed by atoms with Crippen LogP contribution >= 0.6 is 0 Å². The Hall–Kier alpha value is -0.900. The van der Waals surface area contributed by atoms with Crippen LogP contribution < -0.4 is 5.32 Å². The molecule has 1 unspecified atom stereocenters. The van der Waals surface area contributed by atoms with Gasteiger partial charge in [0.1, 0.15) is 0 Å². The molecule has 1 aromatic rings. The molecule has 3 rings (SSSR count). The quantitative estimate of drug-likeness (QED) is 0.917. The Morgan fingerprint density at radius 2 is 2.05 bits per heavy atom. The van der Waals surface area contributed by atoms with Crippen molar-refractivity contribution in [3.05, 3.63) is 11.7 Å². The maximum atomic E-state index is 5.70. The fourth-order valence-electron chi connectivity index (χ4n) is 4.05. The number of nitrogens with zero attached hydrogens (tertiary/aromatic N) is 2. The second-order valence-electron chi connectivity index (χ2n) is 7.00. The third-order valence-electron chi connectivity index (χ3n) is 5.83. The highest BCUT2D eigenvalue weighted by molar-refractivity contribution is 5.10. The summed E-state index contributed by atoms with van der Waals surface area (Å²) in [6, 6.07) is 0. The Kier molecular flexibility index (Phi) is 4.63. The molecule has 1 saturated heterocycles. The molecule has 0 spiro atoms. The number of rotatable bonds is 4. The van der Waals surface area contributed by atoms with Gasteiger partial charge in [-0.25, -0.2) is 0 Å². The summed E-state index contributed by atoms with van der Waals surface area (Å²) in [6.07, 6.45) is 9.87. The highest BCUT2D eigenvalue weighted by atomic mass is 16.5. The van der Waals surface area contributed by atoms with Gasteiger partial charge in [0.25, 0.3) is 0 Å². The van der Waals surface area contributed by atoms with E-state index >= 15 is 0 Å². The van der Waals surface area contributed by atoms with E-state index in [1.165, 1.54) is 44.9 Å². The molecular formula is C17H29N3O. The molecule has 1 atom stereocenters. The van der Waals surface area contributed by atoms with Gasteiger partial charge in [0.05, 0.1) is 5.41 Å². The number of piperidine rings is 1. The summed E-state index contributed by atoms with van der Waals surface area (Å²) >= 11 is 0. The SMILES string of the molecule is CCC1CCC(c2noc(C3(CC)CCCNC3)n2)CC1. The molecule has 0 amide bonds. The van der Waals surface area contributed by atoms with Gasteiger partial charge in [0.15, 0.2) is 5.82 Å². The zero-order chi connectivity index (χ0) is 14.7. The van der Waals surface area contributed by atoms with Crippen molar-refractivity contribution in [2.75, 3.05) is 13.1 Å². The van der Waals surface area contributed by atoms with Gasteiger partial charge in [-0.1, -0.05) is 25.4 Å².